The van der Waals surface area contributed by atoms with E-state index in [-0.39, 0.29) is 46.5 Å². The summed E-state index contributed by atoms with van der Waals surface area (Å²) >= 11 is 6.09. The third kappa shape index (κ3) is 5.43. The van der Waals surface area contributed by atoms with E-state index >= 15 is 0 Å². The second-order valence-corrected chi connectivity index (χ2v) is 10.2. The number of pyridine rings is 1. The van der Waals surface area contributed by atoms with E-state index in [1.165, 1.54) is 19.4 Å². The molecule has 3 atom stereocenters. The van der Waals surface area contributed by atoms with Gasteiger partial charge in [0, 0.05) is 11.8 Å². The minimum atomic E-state index is -5.13. The normalized spacial score (nSPS) is 21.0. The maximum atomic E-state index is 13.7. The van der Waals surface area contributed by atoms with E-state index in [1.54, 1.807) is 0 Å². The number of rotatable bonds is 4. The first kappa shape index (κ1) is 29.8. The van der Waals surface area contributed by atoms with Gasteiger partial charge in [-0.15, -0.1) is 0 Å². The van der Waals surface area contributed by atoms with Gasteiger partial charge in [0.1, 0.15) is 6.10 Å². The van der Waals surface area contributed by atoms with Gasteiger partial charge >= 0.3 is 24.6 Å². The Morgan fingerprint density at radius 1 is 0.857 bits per heavy atom. The molecule has 42 heavy (non-hydrogen) atoms. The zero-order valence-electron chi connectivity index (χ0n) is 21.2. The first-order valence-corrected chi connectivity index (χ1v) is 12.6. The van der Waals surface area contributed by atoms with Crippen molar-refractivity contribution in [1.29, 1.82) is 0 Å². The smallest absolute Gasteiger partial charge is 0.416 e. The van der Waals surface area contributed by atoms with E-state index in [2.05, 4.69) is 4.98 Å². The Bertz CT molecular complexity index is 1510. The van der Waals surface area contributed by atoms with Crippen LogP contribution in [0.15, 0.2) is 48.7 Å². The van der Waals surface area contributed by atoms with Crippen molar-refractivity contribution in [1.82, 2.24) is 9.88 Å². The highest BCUT2D eigenvalue weighted by Gasteiger charge is 2.52. The monoisotopic (exact) mass is 624 g/mol. The molecule has 5 nitrogen and oxygen atoms in total. The van der Waals surface area contributed by atoms with Crippen molar-refractivity contribution >= 4 is 17.7 Å². The van der Waals surface area contributed by atoms with Crippen molar-refractivity contribution in [3.8, 4) is 17.0 Å². The number of amides is 1. The topological polar surface area (TPSA) is 51.7 Å². The van der Waals surface area contributed by atoms with Gasteiger partial charge in [0.25, 0.3) is 0 Å². The van der Waals surface area contributed by atoms with Crippen LogP contribution in [-0.2, 0) is 23.3 Å². The Balaban J connectivity index is 1.61. The lowest BCUT2D eigenvalue weighted by Gasteiger charge is -2.26. The molecule has 0 spiro atoms. The summed E-state index contributed by atoms with van der Waals surface area (Å²) in [5.41, 5.74) is -4.38. The number of ether oxygens (including phenoxy) is 2. The third-order valence-corrected chi connectivity index (χ3v) is 7.40. The van der Waals surface area contributed by atoms with Crippen molar-refractivity contribution in [2.45, 2.75) is 49.6 Å². The Labute approximate surface area is 236 Å². The fourth-order valence-electron chi connectivity index (χ4n) is 5.43. The highest BCUT2D eigenvalue weighted by molar-refractivity contribution is 6.30. The maximum absolute atomic E-state index is 13.7. The Morgan fingerprint density at radius 3 is 2.05 bits per heavy atom. The molecule has 0 N–H and O–H groups in total. The van der Waals surface area contributed by atoms with Crippen LogP contribution in [0.3, 0.4) is 0 Å². The lowest BCUT2D eigenvalue weighted by molar-refractivity contribution is -0.143. The van der Waals surface area contributed by atoms with Gasteiger partial charge in [0.05, 0.1) is 40.9 Å². The van der Waals surface area contributed by atoms with Gasteiger partial charge in [-0.2, -0.15) is 39.5 Å². The van der Waals surface area contributed by atoms with Crippen LogP contribution in [0.25, 0.3) is 11.1 Å². The summed E-state index contributed by atoms with van der Waals surface area (Å²) in [5, 5.41) is 0.131. The van der Waals surface area contributed by atoms with Gasteiger partial charge in [0.15, 0.2) is 0 Å². The highest BCUT2D eigenvalue weighted by Crippen LogP contribution is 2.51. The summed E-state index contributed by atoms with van der Waals surface area (Å²) in [6, 6.07) is 2.96. The van der Waals surface area contributed by atoms with Crippen molar-refractivity contribution in [3.63, 3.8) is 0 Å². The molecule has 0 aliphatic carbocycles. The third-order valence-electron chi connectivity index (χ3n) is 7.19. The number of benzene rings is 2. The summed E-state index contributed by atoms with van der Waals surface area (Å²) < 4.78 is 133. The van der Waals surface area contributed by atoms with E-state index in [0.717, 1.165) is 23.1 Å². The number of fused-ring (bicyclic) bond motifs is 1. The fraction of sp³-hybridized carbons (Fsp3) is 0.333. The molecule has 3 aromatic rings. The molecule has 1 aromatic heterocycles. The molecule has 5 rings (SSSR count). The van der Waals surface area contributed by atoms with Crippen LogP contribution in [0.5, 0.6) is 5.88 Å². The minimum Gasteiger partial charge on any atom is -0.481 e. The molecule has 3 heterocycles. The predicted octanol–water partition coefficient (Wildman–Crippen LogP) is 8.86. The zero-order chi connectivity index (χ0) is 30.8. The number of alkyl halides is 9. The number of hydrogen-bond acceptors (Lipinski definition) is 4. The van der Waals surface area contributed by atoms with Crippen molar-refractivity contribution in [2.24, 2.45) is 0 Å². The second kappa shape index (κ2) is 10.2. The lowest BCUT2D eigenvalue weighted by atomic mass is 9.92. The Hall–Kier alpha value is -3.68. The second-order valence-electron chi connectivity index (χ2n) is 9.72. The molecule has 2 aliphatic rings. The summed E-state index contributed by atoms with van der Waals surface area (Å²) in [6.45, 7) is 0. The van der Waals surface area contributed by atoms with Gasteiger partial charge in [-0.3, -0.25) is 4.90 Å². The molecule has 2 aliphatic heterocycles. The Kier molecular flexibility index (Phi) is 7.27. The number of halogens is 10. The Morgan fingerprint density at radius 2 is 1.48 bits per heavy atom. The predicted molar refractivity (Wildman–Crippen MR) is 130 cm³/mol. The maximum Gasteiger partial charge on any atom is 0.416 e. The minimum absolute atomic E-state index is 0.00712. The quantitative estimate of drug-likeness (QED) is 0.272. The SMILES string of the molecule is COc1ncc(Cl)cc1-c1ccc(C(F)(F)F)cc1[C@@H]1CC[C@H]2[C@@H](c3cc(C(F)(F)F)cc(C(F)(F)F)c3)OC(=O)N12. The van der Waals surface area contributed by atoms with E-state index in [1.807, 2.05) is 0 Å². The van der Waals surface area contributed by atoms with Crippen molar-refractivity contribution in [3.05, 3.63) is 81.5 Å². The van der Waals surface area contributed by atoms with Crippen LogP contribution in [0.4, 0.5) is 44.3 Å². The van der Waals surface area contributed by atoms with Gasteiger partial charge in [0.2, 0.25) is 5.88 Å². The van der Waals surface area contributed by atoms with Gasteiger partial charge in [-0.1, -0.05) is 17.7 Å². The summed E-state index contributed by atoms with van der Waals surface area (Å²) in [7, 11) is 1.28. The van der Waals surface area contributed by atoms with E-state index in [4.69, 9.17) is 21.1 Å². The largest absolute Gasteiger partial charge is 0.481 e. The van der Waals surface area contributed by atoms with Crippen molar-refractivity contribution in [2.75, 3.05) is 7.11 Å². The summed E-state index contributed by atoms with van der Waals surface area (Å²) in [6.07, 6.45) is -16.4. The fourth-order valence-corrected chi connectivity index (χ4v) is 5.58. The molecule has 1 amide bonds. The average Bonchev–Trinajstić information content (AvgIpc) is 3.48. The van der Waals surface area contributed by atoms with Gasteiger partial charge in [-0.25, -0.2) is 9.78 Å². The molecular weight excluding hydrogens is 607 g/mol. The highest BCUT2D eigenvalue weighted by atomic mass is 35.5. The van der Waals surface area contributed by atoms with E-state index < -0.39 is 65.1 Å². The molecule has 0 bridgehead atoms. The molecule has 224 valence electrons. The van der Waals surface area contributed by atoms with E-state index in [0.29, 0.717) is 12.1 Å². The number of carbonyl (C=O) groups excluding carboxylic acids is 1. The van der Waals surface area contributed by atoms with Gasteiger partial charge in [-0.05, 0) is 65.9 Å². The van der Waals surface area contributed by atoms with Crippen LogP contribution in [-0.4, -0.2) is 29.1 Å². The van der Waals surface area contributed by atoms with Gasteiger partial charge < -0.3 is 9.47 Å². The lowest BCUT2D eigenvalue weighted by Crippen LogP contribution is -2.31. The molecule has 2 saturated heterocycles. The van der Waals surface area contributed by atoms with Crippen LogP contribution >= 0.6 is 11.6 Å². The number of cyclic esters (lactones) is 1. The molecule has 15 heteroatoms. The number of hydrogen-bond donors (Lipinski definition) is 0. The first-order chi connectivity index (χ1) is 19.5. The van der Waals surface area contributed by atoms with Crippen LogP contribution in [0, 0.1) is 0 Å². The molecule has 0 unspecified atom stereocenters. The number of aromatic nitrogens is 1. The molecule has 0 saturated carbocycles. The standard InChI is InChI=1S/C27H18ClF9N2O3/c1-41-23-19(10-16(28)11-38-23)17-3-2-13(25(29,30)31)9-18(17)20-4-5-21-22(42-24(40)39(20)21)12-6-14(26(32,33)34)8-15(7-12)27(35,36)37/h2-3,6-11,20-22H,4-5H2,1H3/t20-,21-,22+/m0/s1. The number of carbonyl (C=O) groups is 1. The number of methoxy groups -OCH3 is 1. The molecule has 0 radical (unpaired) electrons. The zero-order valence-corrected chi connectivity index (χ0v) is 21.9. The van der Waals surface area contributed by atoms with Crippen LogP contribution < -0.4 is 4.74 Å². The molecular formula is C27H18ClF9N2O3. The average molecular weight is 625 g/mol. The van der Waals surface area contributed by atoms with Crippen LogP contribution in [0.2, 0.25) is 5.02 Å². The first-order valence-electron chi connectivity index (χ1n) is 12.2. The van der Waals surface area contributed by atoms with Crippen LogP contribution in [0.1, 0.15) is 52.8 Å². The summed E-state index contributed by atoms with van der Waals surface area (Å²) in [4.78, 5) is 18.2. The van der Waals surface area contributed by atoms with E-state index in [9.17, 15) is 44.3 Å². The number of nitrogens with zero attached hydrogens (tertiary/aromatic N) is 2. The molecule has 2 aromatic carbocycles. The summed E-state index contributed by atoms with van der Waals surface area (Å²) in [5.74, 6) is 0.0143. The van der Waals surface area contributed by atoms with Crippen molar-refractivity contribution < 1.29 is 53.8 Å². The molecule has 2 fully saturated rings.